The zero-order chi connectivity index (χ0) is 19.9. The maximum atomic E-state index is 14.0. The van der Waals surface area contributed by atoms with E-state index in [1.807, 2.05) is 32.0 Å². The SMILES string of the molecule is CC.Cc1cc(-n2c(C(C)C)c(C)c3cc4n[nH]c(F)c4cc32)ccc1F. The molecule has 0 aliphatic heterocycles. The molecule has 0 bridgehead atoms. The number of aryl methyl sites for hydroxylation is 2. The lowest BCUT2D eigenvalue weighted by Crippen LogP contribution is -2.03. The summed E-state index contributed by atoms with van der Waals surface area (Å²) in [5, 5.41) is 7.92. The molecule has 0 aliphatic carbocycles. The molecule has 4 rings (SSSR count). The Morgan fingerprint density at radius 1 is 1.00 bits per heavy atom. The molecule has 2 aromatic carbocycles. The van der Waals surface area contributed by atoms with E-state index in [9.17, 15) is 8.78 Å². The summed E-state index contributed by atoms with van der Waals surface area (Å²) in [4.78, 5) is 0. The summed E-state index contributed by atoms with van der Waals surface area (Å²) in [6.45, 7) is 12.1. The summed E-state index contributed by atoms with van der Waals surface area (Å²) < 4.78 is 29.9. The van der Waals surface area contributed by atoms with Crippen LogP contribution >= 0.6 is 0 Å². The van der Waals surface area contributed by atoms with Gasteiger partial charge in [-0.05, 0) is 61.2 Å². The van der Waals surface area contributed by atoms with Crippen LogP contribution in [0.25, 0.3) is 27.5 Å². The highest BCUT2D eigenvalue weighted by Gasteiger charge is 2.20. The van der Waals surface area contributed by atoms with E-state index in [-0.39, 0.29) is 11.7 Å². The van der Waals surface area contributed by atoms with Gasteiger partial charge in [0, 0.05) is 16.8 Å². The summed E-state index contributed by atoms with van der Waals surface area (Å²) in [7, 11) is 0. The molecule has 0 aliphatic rings. The van der Waals surface area contributed by atoms with Crippen molar-refractivity contribution in [2.45, 2.75) is 47.5 Å². The van der Waals surface area contributed by atoms with Crippen LogP contribution in [-0.4, -0.2) is 14.8 Å². The first-order valence-corrected chi connectivity index (χ1v) is 9.33. The topological polar surface area (TPSA) is 33.6 Å². The number of halogens is 2. The molecule has 0 spiro atoms. The van der Waals surface area contributed by atoms with Crippen LogP contribution in [0.1, 0.15) is 50.4 Å². The smallest absolute Gasteiger partial charge is 0.216 e. The van der Waals surface area contributed by atoms with E-state index in [0.717, 1.165) is 27.8 Å². The lowest BCUT2D eigenvalue weighted by molar-refractivity contribution is 0.588. The number of aromatic nitrogens is 3. The molecular formula is C22H25F2N3. The molecule has 142 valence electrons. The van der Waals surface area contributed by atoms with Crippen LogP contribution in [0.5, 0.6) is 0 Å². The van der Waals surface area contributed by atoms with E-state index in [2.05, 4.69) is 35.5 Å². The van der Waals surface area contributed by atoms with Gasteiger partial charge in [-0.2, -0.15) is 9.49 Å². The van der Waals surface area contributed by atoms with Gasteiger partial charge < -0.3 is 4.57 Å². The van der Waals surface area contributed by atoms with Crippen molar-refractivity contribution in [3.05, 3.63) is 58.9 Å². The third-order valence-electron chi connectivity index (χ3n) is 4.84. The molecule has 0 fully saturated rings. The minimum absolute atomic E-state index is 0.230. The zero-order valence-corrected chi connectivity index (χ0v) is 16.6. The molecular weight excluding hydrogens is 344 g/mol. The fourth-order valence-electron chi connectivity index (χ4n) is 3.67. The third-order valence-corrected chi connectivity index (χ3v) is 4.84. The molecule has 27 heavy (non-hydrogen) atoms. The van der Waals surface area contributed by atoms with Crippen LogP contribution in [0, 0.1) is 25.6 Å². The van der Waals surface area contributed by atoms with Gasteiger partial charge >= 0.3 is 0 Å². The Morgan fingerprint density at radius 2 is 1.70 bits per heavy atom. The molecule has 4 aromatic rings. The van der Waals surface area contributed by atoms with Gasteiger partial charge in [0.1, 0.15) is 5.82 Å². The summed E-state index contributed by atoms with van der Waals surface area (Å²) >= 11 is 0. The van der Waals surface area contributed by atoms with Gasteiger partial charge in [-0.25, -0.2) is 4.39 Å². The summed E-state index contributed by atoms with van der Waals surface area (Å²) in [5.41, 5.74) is 5.25. The van der Waals surface area contributed by atoms with E-state index >= 15 is 0 Å². The Bertz CT molecular complexity index is 1120. The van der Waals surface area contributed by atoms with Crippen molar-refractivity contribution in [1.82, 2.24) is 14.8 Å². The number of H-pyrrole nitrogens is 1. The van der Waals surface area contributed by atoms with Crippen molar-refractivity contribution in [1.29, 1.82) is 0 Å². The summed E-state index contributed by atoms with van der Waals surface area (Å²) in [6.07, 6.45) is 0. The average molecular weight is 369 g/mol. The van der Waals surface area contributed by atoms with E-state index < -0.39 is 5.95 Å². The zero-order valence-electron chi connectivity index (χ0n) is 16.6. The van der Waals surface area contributed by atoms with E-state index in [0.29, 0.717) is 16.5 Å². The Labute approximate surface area is 158 Å². The van der Waals surface area contributed by atoms with Gasteiger partial charge in [0.05, 0.1) is 16.4 Å². The standard InChI is InChI=1S/C20H19F2N3.C2H6/c1-10(2)19-12(4)14-8-17-15(20(22)24-23-17)9-18(14)25(19)13-5-6-16(21)11(3)7-13;1-2/h5-10H,1-4H3,(H,23,24);1-2H3. The number of rotatable bonds is 2. The average Bonchev–Trinajstić information content (AvgIpc) is 3.16. The third kappa shape index (κ3) is 3.01. The maximum Gasteiger partial charge on any atom is 0.216 e. The van der Waals surface area contributed by atoms with Gasteiger partial charge in [-0.3, -0.25) is 5.10 Å². The van der Waals surface area contributed by atoms with Gasteiger partial charge in [-0.1, -0.05) is 27.7 Å². The summed E-state index contributed by atoms with van der Waals surface area (Å²) in [5.74, 6) is -0.411. The van der Waals surface area contributed by atoms with Crippen LogP contribution in [-0.2, 0) is 0 Å². The molecule has 2 heterocycles. The van der Waals surface area contributed by atoms with Crippen molar-refractivity contribution in [3.63, 3.8) is 0 Å². The Hall–Kier alpha value is -2.69. The first-order chi connectivity index (χ1) is 12.9. The number of hydrogen-bond acceptors (Lipinski definition) is 1. The molecule has 0 unspecified atom stereocenters. The van der Waals surface area contributed by atoms with Crippen LogP contribution in [0.4, 0.5) is 8.78 Å². The predicted octanol–water partition coefficient (Wildman–Crippen LogP) is 6.55. The van der Waals surface area contributed by atoms with E-state index in [1.165, 1.54) is 6.07 Å². The second-order valence-corrected chi connectivity index (χ2v) is 6.86. The molecule has 5 heteroatoms. The number of hydrogen-bond donors (Lipinski definition) is 1. The second kappa shape index (κ2) is 7.14. The normalized spacial score (nSPS) is 11.3. The van der Waals surface area contributed by atoms with Crippen molar-refractivity contribution in [2.75, 3.05) is 0 Å². The van der Waals surface area contributed by atoms with Crippen molar-refractivity contribution in [3.8, 4) is 5.69 Å². The van der Waals surface area contributed by atoms with Gasteiger partial charge in [0.15, 0.2) is 0 Å². The lowest BCUT2D eigenvalue weighted by Gasteiger charge is -2.15. The Kier molecular flexibility index (Phi) is 5.05. The van der Waals surface area contributed by atoms with E-state index in [1.54, 1.807) is 13.0 Å². The molecule has 3 nitrogen and oxygen atoms in total. The largest absolute Gasteiger partial charge is 0.313 e. The quantitative estimate of drug-likeness (QED) is 0.427. The van der Waals surface area contributed by atoms with Gasteiger partial charge in [0.2, 0.25) is 5.95 Å². The molecule has 0 saturated carbocycles. The van der Waals surface area contributed by atoms with Crippen LogP contribution in [0.15, 0.2) is 30.3 Å². The fourth-order valence-corrected chi connectivity index (χ4v) is 3.67. The number of fused-ring (bicyclic) bond motifs is 2. The van der Waals surface area contributed by atoms with Crippen molar-refractivity contribution in [2.24, 2.45) is 0 Å². The highest BCUT2D eigenvalue weighted by Crippen LogP contribution is 2.36. The molecule has 0 radical (unpaired) electrons. The summed E-state index contributed by atoms with van der Waals surface area (Å²) in [6, 6.07) is 8.81. The fraction of sp³-hybridized carbons (Fsp3) is 0.318. The first-order valence-electron chi connectivity index (χ1n) is 9.33. The van der Waals surface area contributed by atoms with Crippen molar-refractivity contribution < 1.29 is 8.78 Å². The van der Waals surface area contributed by atoms with E-state index in [4.69, 9.17) is 0 Å². The molecule has 1 N–H and O–H groups in total. The maximum absolute atomic E-state index is 14.0. The van der Waals surface area contributed by atoms with Crippen LogP contribution in [0.2, 0.25) is 0 Å². The highest BCUT2D eigenvalue weighted by atomic mass is 19.1. The number of aromatic amines is 1. The lowest BCUT2D eigenvalue weighted by atomic mass is 10.0. The number of benzene rings is 2. The molecule has 0 amide bonds. The van der Waals surface area contributed by atoms with Gasteiger partial charge in [0.25, 0.3) is 0 Å². The Balaban J connectivity index is 0.00000102. The Morgan fingerprint density at radius 3 is 2.33 bits per heavy atom. The predicted molar refractivity (Wildman–Crippen MR) is 108 cm³/mol. The first kappa shape index (κ1) is 19.1. The van der Waals surface area contributed by atoms with Crippen LogP contribution in [0.3, 0.4) is 0 Å². The second-order valence-electron chi connectivity index (χ2n) is 6.86. The highest BCUT2D eigenvalue weighted by molar-refractivity contribution is 5.98. The number of nitrogens with zero attached hydrogens (tertiary/aromatic N) is 2. The van der Waals surface area contributed by atoms with Crippen LogP contribution < -0.4 is 0 Å². The molecule has 2 aromatic heterocycles. The monoisotopic (exact) mass is 369 g/mol. The minimum atomic E-state index is -0.441. The number of nitrogens with one attached hydrogen (secondary N) is 1. The molecule has 0 saturated heterocycles. The molecule has 0 atom stereocenters. The van der Waals surface area contributed by atoms with Crippen molar-refractivity contribution >= 4 is 21.8 Å². The minimum Gasteiger partial charge on any atom is -0.313 e. The van der Waals surface area contributed by atoms with Gasteiger partial charge in [-0.15, -0.1) is 0 Å².